The zero-order chi connectivity index (χ0) is 17.5. The van der Waals surface area contributed by atoms with E-state index in [0.29, 0.717) is 25.7 Å². The van der Waals surface area contributed by atoms with E-state index in [0.717, 1.165) is 57.1 Å². The molecule has 25 heavy (non-hydrogen) atoms. The van der Waals surface area contributed by atoms with Gasteiger partial charge in [0.05, 0.1) is 25.4 Å². The molecule has 0 aromatic heterocycles. The molecule has 0 saturated carbocycles. The first-order valence-electron chi connectivity index (χ1n) is 9.20. The largest absolute Gasteiger partial charge is 0.381 e. The lowest BCUT2D eigenvalue weighted by atomic mass is 10.1. The van der Waals surface area contributed by atoms with Crippen molar-refractivity contribution in [2.24, 2.45) is 5.92 Å². The van der Waals surface area contributed by atoms with Crippen molar-refractivity contribution in [2.45, 2.75) is 6.42 Å². The van der Waals surface area contributed by atoms with E-state index in [1.54, 1.807) is 0 Å². The van der Waals surface area contributed by atoms with E-state index in [1.165, 1.54) is 0 Å². The number of hydrogen-bond acceptors (Lipinski definition) is 5. The molecule has 2 saturated heterocycles. The molecule has 0 bridgehead atoms. The lowest BCUT2D eigenvalue weighted by molar-refractivity contribution is 0.0823. The summed E-state index contributed by atoms with van der Waals surface area (Å²) in [7, 11) is 2.13. The Labute approximate surface area is 150 Å². The van der Waals surface area contributed by atoms with Gasteiger partial charge in [-0.15, -0.1) is 0 Å². The molecule has 2 aliphatic heterocycles. The van der Waals surface area contributed by atoms with Gasteiger partial charge in [0.15, 0.2) is 0 Å². The van der Waals surface area contributed by atoms with Crippen molar-refractivity contribution < 1.29 is 14.3 Å². The summed E-state index contributed by atoms with van der Waals surface area (Å²) in [4.78, 5) is 17.2. The molecule has 0 radical (unpaired) electrons. The third kappa shape index (κ3) is 5.17. The fourth-order valence-electron chi connectivity index (χ4n) is 3.29. The number of amides is 1. The van der Waals surface area contributed by atoms with E-state index >= 15 is 0 Å². The third-order valence-corrected chi connectivity index (χ3v) is 4.90. The summed E-state index contributed by atoms with van der Waals surface area (Å²) in [6, 6.07) is 7.86. The lowest BCUT2D eigenvalue weighted by Gasteiger charge is -2.35. The van der Waals surface area contributed by atoms with Gasteiger partial charge in [0, 0.05) is 50.9 Å². The van der Waals surface area contributed by atoms with Crippen LogP contribution >= 0.6 is 0 Å². The topological polar surface area (TPSA) is 54.0 Å². The Hall–Kier alpha value is -1.63. The molecular formula is C19H29N3O3. The Kier molecular flexibility index (Phi) is 6.67. The standard InChI is InChI=1S/C19H29N3O3/c1-21-8-10-22(11-9-21)18-5-3-2-4-17(18)19(23)20-7-13-25-15-16-6-12-24-14-16/h2-5,16H,6-15H2,1H3,(H,20,23). The van der Waals surface area contributed by atoms with Gasteiger partial charge in [0.25, 0.3) is 5.91 Å². The summed E-state index contributed by atoms with van der Waals surface area (Å²) in [6.07, 6.45) is 1.07. The smallest absolute Gasteiger partial charge is 0.253 e. The zero-order valence-electron chi connectivity index (χ0n) is 15.1. The zero-order valence-corrected chi connectivity index (χ0v) is 15.1. The van der Waals surface area contributed by atoms with Crippen molar-refractivity contribution in [1.82, 2.24) is 10.2 Å². The number of piperazine rings is 1. The number of anilines is 1. The van der Waals surface area contributed by atoms with Crippen LogP contribution in [0.25, 0.3) is 0 Å². The van der Waals surface area contributed by atoms with Crippen LogP contribution in [0.1, 0.15) is 16.8 Å². The second-order valence-electron chi connectivity index (χ2n) is 6.87. The van der Waals surface area contributed by atoms with Crippen molar-refractivity contribution in [3.05, 3.63) is 29.8 Å². The molecule has 138 valence electrons. The summed E-state index contributed by atoms with van der Waals surface area (Å²) in [6.45, 7) is 7.37. The maximum Gasteiger partial charge on any atom is 0.253 e. The van der Waals surface area contributed by atoms with E-state index in [9.17, 15) is 4.79 Å². The van der Waals surface area contributed by atoms with Crippen LogP contribution in [0.2, 0.25) is 0 Å². The lowest BCUT2D eigenvalue weighted by Crippen LogP contribution is -2.45. The molecule has 2 fully saturated rings. The Morgan fingerprint density at radius 1 is 1.28 bits per heavy atom. The maximum absolute atomic E-state index is 12.6. The first-order valence-corrected chi connectivity index (χ1v) is 9.20. The molecule has 1 unspecified atom stereocenters. The highest BCUT2D eigenvalue weighted by atomic mass is 16.5. The quantitative estimate of drug-likeness (QED) is 0.752. The van der Waals surface area contributed by atoms with Crippen LogP contribution in [0.3, 0.4) is 0 Å². The third-order valence-electron chi connectivity index (χ3n) is 4.90. The number of benzene rings is 1. The van der Waals surface area contributed by atoms with Crippen LogP contribution in [0.4, 0.5) is 5.69 Å². The molecule has 1 amide bonds. The number of carbonyl (C=O) groups is 1. The minimum atomic E-state index is -0.0256. The van der Waals surface area contributed by atoms with E-state index in [-0.39, 0.29) is 5.91 Å². The number of carbonyl (C=O) groups excluding carboxylic acids is 1. The molecule has 1 aromatic carbocycles. The van der Waals surface area contributed by atoms with Crippen molar-refractivity contribution in [1.29, 1.82) is 0 Å². The summed E-state index contributed by atoms with van der Waals surface area (Å²) in [5.41, 5.74) is 1.77. The van der Waals surface area contributed by atoms with E-state index in [2.05, 4.69) is 22.2 Å². The van der Waals surface area contributed by atoms with Gasteiger partial charge in [0.1, 0.15) is 0 Å². The Bertz CT molecular complexity index is 553. The average molecular weight is 347 g/mol. The van der Waals surface area contributed by atoms with Crippen LogP contribution < -0.4 is 10.2 Å². The van der Waals surface area contributed by atoms with Crippen molar-refractivity contribution in [2.75, 3.05) is 71.1 Å². The maximum atomic E-state index is 12.6. The van der Waals surface area contributed by atoms with Gasteiger partial charge in [-0.1, -0.05) is 12.1 Å². The number of nitrogens with zero attached hydrogens (tertiary/aromatic N) is 2. The Balaban J connectivity index is 1.46. The first-order chi connectivity index (χ1) is 12.2. The molecular weight excluding hydrogens is 318 g/mol. The molecule has 0 aliphatic carbocycles. The first kappa shape index (κ1) is 18.2. The van der Waals surface area contributed by atoms with Gasteiger partial charge in [-0.3, -0.25) is 4.79 Å². The van der Waals surface area contributed by atoms with Crippen molar-refractivity contribution in [3.63, 3.8) is 0 Å². The van der Waals surface area contributed by atoms with E-state index in [4.69, 9.17) is 9.47 Å². The SMILES string of the molecule is CN1CCN(c2ccccc2C(=O)NCCOCC2CCOC2)CC1. The van der Waals surface area contributed by atoms with Gasteiger partial charge in [-0.2, -0.15) is 0 Å². The molecule has 2 aliphatic rings. The number of hydrogen-bond donors (Lipinski definition) is 1. The summed E-state index contributed by atoms with van der Waals surface area (Å²) < 4.78 is 11.0. The summed E-state index contributed by atoms with van der Waals surface area (Å²) in [5.74, 6) is 0.482. The minimum Gasteiger partial charge on any atom is -0.381 e. The second kappa shape index (κ2) is 9.17. The predicted octanol–water partition coefficient (Wildman–Crippen LogP) is 1.22. The monoisotopic (exact) mass is 347 g/mol. The number of likely N-dealkylation sites (N-methyl/N-ethyl adjacent to an activating group) is 1. The average Bonchev–Trinajstić information content (AvgIpc) is 3.15. The van der Waals surface area contributed by atoms with Gasteiger partial charge in [0.2, 0.25) is 0 Å². The van der Waals surface area contributed by atoms with E-state index in [1.807, 2.05) is 24.3 Å². The van der Waals surface area contributed by atoms with Crippen LogP contribution in [0.15, 0.2) is 24.3 Å². The second-order valence-corrected chi connectivity index (χ2v) is 6.87. The predicted molar refractivity (Wildman–Crippen MR) is 98.2 cm³/mol. The highest BCUT2D eigenvalue weighted by molar-refractivity contribution is 5.99. The number of ether oxygens (including phenoxy) is 2. The molecule has 6 nitrogen and oxygen atoms in total. The summed E-state index contributed by atoms with van der Waals surface area (Å²) in [5, 5.41) is 2.98. The molecule has 1 N–H and O–H groups in total. The highest BCUT2D eigenvalue weighted by Crippen LogP contribution is 2.21. The van der Waals surface area contributed by atoms with Gasteiger partial charge in [-0.05, 0) is 25.6 Å². The molecule has 1 aromatic rings. The van der Waals surface area contributed by atoms with Crippen molar-refractivity contribution in [3.8, 4) is 0 Å². The van der Waals surface area contributed by atoms with Gasteiger partial charge >= 0.3 is 0 Å². The number of para-hydroxylation sites is 1. The summed E-state index contributed by atoms with van der Waals surface area (Å²) >= 11 is 0. The highest BCUT2D eigenvalue weighted by Gasteiger charge is 2.20. The fraction of sp³-hybridized carbons (Fsp3) is 0.632. The molecule has 2 heterocycles. The molecule has 6 heteroatoms. The Morgan fingerprint density at radius 2 is 2.08 bits per heavy atom. The van der Waals surface area contributed by atoms with Gasteiger partial charge < -0.3 is 24.6 Å². The van der Waals surface area contributed by atoms with E-state index < -0.39 is 0 Å². The van der Waals surface area contributed by atoms with Crippen LogP contribution in [-0.2, 0) is 9.47 Å². The molecule has 3 rings (SSSR count). The fourth-order valence-corrected chi connectivity index (χ4v) is 3.29. The van der Waals surface area contributed by atoms with Crippen LogP contribution in [0.5, 0.6) is 0 Å². The normalized spacial score (nSPS) is 21.5. The number of nitrogens with one attached hydrogen (secondary N) is 1. The van der Waals surface area contributed by atoms with Crippen LogP contribution in [-0.4, -0.2) is 77.0 Å². The minimum absolute atomic E-state index is 0.0256. The molecule has 0 spiro atoms. The van der Waals surface area contributed by atoms with Crippen molar-refractivity contribution >= 4 is 11.6 Å². The molecule has 1 atom stereocenters. The number of rotatable bonds is 7. The van der Waals surface area contributed by atoms with Crippen LogP contribution in [0, 0.1) is 5.92 Å². The Morgan fingerprint density at radius 3 is 2.84 bits per heavy atom. The van der Waals surface area contributed by atoms with Gasteiger partial charge in [-0.25, -0.2) is 0 Å².